The second-order valence-corrected chi connectivity index (χ2v) is 4.16. The number of nitrogens with zero attached hydrogens (tertiary/aromatic N) is 2. The van der Waals surface area contributed by atoms with Gasteiger partial charge in [0.2, 0.25) is 0 Å². The number of rotatable bonds is 2. The molecule has 2 aromatic rings. The summed E-state index contributed by atoms with van der Waals surface area (Å²) in [5, 5.41) is 3.29. The number of anilines is 1. The van der Waals surface area contributed by atoms with Crippen LogP contribution >= 0.6 is 0 Å². The Morgan fingerprint density at radius 1 is 1.06 bits per heavy atom. The van der Waals surface area contributed by atoms with Gasteiger partial charge in [0, 0.05) is 42.5 Å². The van der Waals surface area contributed by atoms with E-state index >= 15 is 0 Å². The fourth-order valence-corrected chi connectivity index (χ4v) is 1.90. The number of aromatic nitrogens is 1. The normalized spacial score (nSPS) is 13.2. The molecule has 0 fully saturated rings. The molecule has 18 heavy (non-hydrogen) atoms. The zero-order valence-corrected chi connectivity index (χ0v) is 9.88. The smallest absolute Gasteiger partial charge is 0.0607 e. The molecule has 3 nitrogen and oxygen atoms in total. The Morgan fingerprint density at radius 3 is 2.89 bits per heavy atom. The van der Waals surface area contributed by atoms with Crippen LogP contribution in [-0.2, 0) is 6.42 Å². The fourth-order valence-electron chi connectivity index (χ4n) is 1.90. The van der Waals surface area contributed by atoms with E-state index in [1.165, 1.54) is 0 Å². The van der Waals surface area contributed by atoms with Gasteiger partial charge in [-0.25, -0.2) is 0 Å². The molecular formula is C15H13N3. The van der Waals surface area contributed by atoms with Crippen LogP contribution in [0.5, 0.6) is 0 Å². The van der Waals surface area contributed by atoms with Crippen molar-refractivity contribution < 1.29 is 0 Å². The summed E-state index contributed by atoms with van der Waals surface area (Å²) in [5.74, 6) is 0. The Morgan fingerprint density at radius 2 is 2.00 bits per heavy atom. The zero-order valence-electron chi connectivity index (χ0n) is 9.88. The van der Waals surface area contributed by atoms with E-state index in [1.807, 2.05) is 48.9 Å². The van der Waals surface area contributed by atoms with Gasteiger partial charge in [-0.2, -0.15) is 0 Å². The lowest BCUT2D eigenvalue weighted by Gasteiger charge is -2.02. The Balaban J connectivity index is 1.83. The first-order valence-electron chi connectivity index (χ1n) is 5.89. The van der Waals surface area contributed by atoms with Crippen LogP contribution in [0.1, 0.15) is 11.1 Å². The van der Waals surface area contributed by atoms with Crippen molar-refractivity contribution in [3.63, 3.8) is 0 Å². The van der Waals surface area contributed by atoms with E-state index in [0.29, 0.717) is 0 Å². The van der Waals surface area contributed by atoms with Crippen molar-refractivity contribution in [1.82, 2.24) is 4.98 Å². The van der Waals surface area contributed by atoms with Crippen molar-refractivity contribution in [1.29, 1.82) is 0 Å². The van der Waals surface area contributed by atoms with Gasteiger partial charge in [0.05, 0.1) is 5.70 Å². The fraction of sp³-hybridized carbons (Fsp3) is 0.0667. The maximum atomic E-state index is 4.51. The van der Waals surface area contributed by atoms with Crippen LogP contribution in [0.3, 0.4) is 0 Å². The predicted molar refractivity (Wildman–Crippen MR) is 73.7 cm³/mol. The third kappa shape index (κ3) is 2.30. The molecule has 3 heteroatoms. The number of nitrogens with one attached hydrogen (secondary N) is 1. The first-order valence-corrected chi connectivity index (χ1v) is 5.89. The summed E-state index contributed by atoms with van der Waals surface area (Å²) in [6.07, 6.45) is 8.29. The lowest BCUT2D eigenvalue weighted by Crippen LogP contribution is -1.93. The molecule has 88 valence electrons. The van der Waals surface area contributed by atoms with Crippen LogP contribution in [0.4, 0.5) is 5.69 Å². The third-order valence-electron chi connectivity index (χ3n) is 2.83. The highest BCUT2D eigenvalue weighted by Crippen LogP contribution is 2.18. The molecule has 2 heterocycles. The van der Waals surface area contributed by atoms with Crippen LogP contribution in [-0.4, -0.2) is 11.2 Å². The highest BCUT2D eigenvalue weighted by Gasteiger charge is 2.04. The van der Waals surface area contributed by atoms with Crippen molar-refractivity contribution in [3.8, 4) is 0 Å². The van der Waals surface area contributed by atoms with Crippen LogP contribution in [0.2, 0.25) is 0 Å². The lowest BCUT2D eigenvalue weighted by molar-refractivity contribution is 1.08. The van der Waals surface area contributed by atoms with E-state index in [-0.39, 0.29) is 0 Å². The van der Waals surface area contributed by atoms with Gasteiger partial charge in [0.15, 0.2) is 0 Å². The molecule has 0 amide bonds. The van der Waals surface area contributed by atoms with E-state index in [0.717, 1.165) is 28.9 Å². The summed E-state index contributed by atoms with van der Waals surface area (Å²) in [6, 6.07) is 12.1. The minimum Gasteiger partial charge on any atom is -0.359 e. The van der Waals surface area contributed by atoms with E-state index in [1.54, 1.807) is 6.20 Å². The Labute approximate surface area is 106 Å². The van der Waals surface area contributed by atoms with Crippen LogP contribution < -0.4 is 5.32 Å². The molecule has 1 aliphatic heterocycles. The largest absolute Gasteiger partial charge is 0.359 e. The summed E-state index contributed by atoms with van der Waals surface area (Å²) < 4.78 is 0. The second kappa shape index (κ2) is 4.84. The van der Waals surface area contributed by atoms with E-state index in [2.05, 4.69) is 21.4 Å². The summed E-state index contributed by atoms with van der Waals surface area (Å²) in [4.78, 5) is 8.62. The van der Waals surface area contributed by atoms with Crippen molar-refractivity contribution in [2.24, 2.45) is 4.99 Å². The number of hydrogen-bond donors (Lipinski definition) is 1. The number of aliphatic imine (C=N–C) groups is 1. The average Bonchev–Trinajstić information content (AvgIpc) is 2.63. The van der Waals surface area contributed by atoms with Gasteiger partial charge in [-0.3, -0.25) is 9.98 Å². The summed E-state index contributed by atoms with van der Waals surface area (Å²) in [6.45, 7) is 0. The molecule has 1 aliphatic rings. The van der Waals surface area contributed by atoms with Crippen LogP contribution in [0, 0.1) is 0 Å². The van der Waals surface area contributed by atoms with Crippen molar-refractivity contribution >= 4 is 11.9 Å². The first-order chi connectivity index (χ1) is 8.92. The quantitative estimate of drug-likeness (QED) is 0.868. The van der Waals surface area contributed by atoms with E-state index in [9.17, 15) is 0 Å². The first kappa shape index (κ1) is 10.7. The van der Waals surface area contributed by atoms with Crippen molar-refractivity contribution in [2.45, 2.75) is 6.42 Å². The second-order valence-electron chi connectivity index (χ2n) is 4.16. The van der Waals surface area contributed by atoms with Gasteiger partial charge in [-0.15, -0.1) is 0 Å². The summed E-state index contributed by atoms with van der Waals surface area (Å²) in [5.41, 5.74) is 4.35. The topological polar surface area (TPSA) is 37.3 Å². The molecule has 0 saturated heterocycles. The molecular weight excluding hydrogens is 222 g/mol. The molecule has 0 spiro atoms. The van der Waals surface area contributed by atoms with Gasteiger partial charge in [0.1, 0.15) is 0 Å². The number of pyridine rings is 1. The molecule has 0 bridgehead atoms. The third-order valence-corrected chi connectivity index (χ3v) is 2.83. The van der Waals surface area contributed by atoms with Gasteiger partial charge < -0.3 is 5.32 Å². The number of allylic oxidation sites excluding steroid dienone is 1. The van der Waals surface area contributed by atoms with Gasteiger partial charge in [-0.1, -0.05) is 24.3 Å². The SMILES string of the molecule is C1=NC(Cc2cccnc2)=CNc2ccccc21. The van der Waals surface area contributed by atoms with Gasteiger partial charge in [0.25, 0.3) is 0 Å². The maximum Gasteiger partial charge on any atom is 0.0607 e. The van der Waals surface area contributed by atoms with Crippen molar-refractivity contribution in [3.05, 3.63) is 71.8 Å². The Hall–Kier alpha value is -2.42. The molecule has 0 unspecified atom stereocenters. The summed E-state index contributed by atoms with van der Waals surface area (Å²) >= 11 is 0. The average molecular weight is 235 g/mol. The minimum absolute atomic E-state index is 0.783. The van der Waals surface area contributed by atoms with Crippen LogP contribution in [0.15, 0.2) is 65.7 Å². The van der Waals surface area contributed by atoms with Crippen molar-refractivity contribution in [2.75, 3.05) is 5.32 Å². The molecule has 0 aliphatic carbocycles. The Bertz CT molecular complexity index is 600. The standard InChI is InChI=1S/C15H13N3/c1-2-6-15-13(5-1)10-17-14(11-18-15)8-12-4-3-7-16-9-12/h1-7,9-11,18H,8H2. The molecule has 1 aromatic heterocycles. The number of fused-ring (bicyclic) bond motifs is 1. The van der Waals surface area contributed by atoms with Gasteiger partial charge in [-0.05, 0) is 17.7 Å². The molecule has 0 radical (unpaired) electrons. The number of para-hydroxylation sites is 1. The maximum absolute atomic E-state index is 4.51. The number of hydrogen-bond acceptors (Lipinski definition) is 3. The summed E-state index contributed by atoms with van der Waals surface area (Å²) in [7, 11) is 0. The Kier molecular flexibility index (Phi) is 2.88. The molecule has 1 aromatic carbocycles. The van der Waals surface area contributed by atoms with E-state index in [4.69, 9.17) is 0 Å². The lowest BCUT2D eigenvalue weighted by atomic mass is 10.2. The molecule has 1 N–H and O–H groups in total. The highest BCUT2D eigenvalue weighted by molar-refractivity contribution is 5.89. The minimum atomic E-state index is 0.783. The highest BCUT2D eigenvalue weighted by atomic mass is 14.9. The monoisotopic (exact) mass is 235 g/mol. The molecule has 0 atom stereocenters. The molecule has 0 saturated carbocycles. The van der Waals surface area contributed by atoms with Crippen LogP contribution in [0.25, 0.3) is 0 Å². The van der Waals surface area contributed by atoms with Gasteiger partial charge >= 0.3 is 0 Å². The number of benzene rings is 1. The zero-order chi connectivity index (χ0) is 12.2. The molecule has 3 rings (SSSR count). The predicted octanol–water partition coefficient (Wildman–Crippen LogP) is 3.01. The van der Waals surface area contributed by atoms with E-state index < -0.39 is 0 Å².